The largest absolute Gasteiger partial charge is 0.380 e. The van der Waals surface area contributed by atoms with Crippen molar-refractivity contribution in [2.24, 2.45) is 0 Å². The molecule has 1 atom stereocenters. The van der Waals surface area contributed by atoms with Crippen LogP contribution < -0.4 is 10.6 Å². The molecule has 2 rings (SSSR count). The highest BCUT2D eigenvalue weighted by atomic mass is 16.5. The van der Waals surface area contributed by atoms with E-state index in [0.717, 1.165) is 32.4 Å². The number of carbonyl (C=O) groups is 1. The lowest BCUT2D eigenvalue weighted by molar-refractivity contribution is -0.123. The van der Waals surface area contributed by atoms with Gasteiger partial charge in [-0.15, -0.1) is 0 Å². The second kappa shape index (κ2) is 8.02. The van der Waals surface area contributed by atoms with E-state index < -0.39 is 0 Å². The number of carbonyl (C=O) groups excluding carboxylic acids is 1. The zero-order chi connectivity index (χ0) is 14.2. The number of fused-ring (bicyclic) bond motifs is 1. The van der Waals surface area contributed by atoms with E-state index in [1.807, 2.05) is 12.1 Å². The minimum Gasteiger partial charge on any atom is -0.380 e. The van der Waals surface area contributed by atoms with Crippen molar-refractivity contribution in [3.63, 3.8) is 0 Å². The quantitative estimate of drug-likeness (QED) is 0.744. The van der Waals surface area contributed by atoms with Gasteiger partial charge in [0.2, 0.25) is 5.91 Å². The first-order valence-electron chi connectivity index (χ1n) is 7.47. The Bertz CT molecular complexity index is 434. The third kappa shape index (κ3) is 4.32. The molecule has 1 amide bonds. The van der Waals surface area contributed by atoms with Crippen LogP contribution in [0.4, 0.5) is 0 Å². The van der Waals surface area contributed by atoms with Gasteiger partial charge in [0, 0.05) is 19.7 Å². The van der Waals surface area contributed by atoms with Gasteiger partial charge in [-0.05, 0) is 24.0 Å². The highest BCUT2D eigenvalue weighted by molar-refractivity contribution is 5.82. The first-order chi connectivity index (χ1) is 9.81. The molecule has 0 spiro atoms. The van der Waals surface area contributed by atoms with Crippen LogP contribution in [0.1, 0.15) is 30.9 Å². The maximum atomic E-state index is 12.1. The SMILES string of the molecule is CCCCOCCNC(=O)[C@@H]1Cc2ccccc2CN1. The molecule has 4 heteroatoms. The fourth-order valence-corrected chi connectivity index (χ4v) is 2.36. The van der Waals surface area contributed by atoms with Crippen molar-refractivity contribution >= 4 is 5.91 Å². The van der Waals surface area contributed by atoms with E-state index in [2.05, 4.69) is 29.7 Å². The predicted molar refractivity (Wildman–Crippen MR) is 79.5 cm³/mol. The Morgan fingerprint density at radius 2 is 2.15 bits per heavy atom. The van der Waals surface area contributed by atoms with Crippen LogP contribution in [0, 0.1) is 0 Å². The van der Waals surface area contributed by atoms with E-state index in [-0.39, 0.29) is 11.9 Å². The molecule has 0 radical (unpaired) electrons. The topological polar surface area (TPSA) is 50.4 Å². The molecule has 1 aliphatic rings. The number of rotatable bonds is 7. The molecule has 4 nitrogen and oxygen atoms in total. The number of nitrogens with one attached hydrogen (secondary N) is 2. The summed E-state index contributed by atoms with van der Waals surface area (Å²) in [6.45, 7) is 4.86. The molecule has 20 heavy (non-hydrogen) atoms. The van der Waals surface area contributed by atoms with Crippen molar-refractivity contribution in [3.8, 4) is 0 Å². The van der Waals surface area contributed by atoms with Gasteiger partial charge in [0.05, 0.1) is 12.6 Å². The maximum absolute atomic E-state index is 12.1. The van der Waals surface area contributed by atoms with Gasteiger partial charge >= 0.3 is 0 Å². The molecular formula is C16H24N2O2. The van der Waals surface area contributed by atoms with Crippen molar-refractivity contribution in [2.45, 2.75) is 38.8 Å². The van der Waals surface area contributed by atoms with Crippen molar-refractivity contribution in [1.82, 2.24) is 10.6 Å². The summed E-state index contributed by atoms with van der Waals surface area (Å²) in [5.74, 6) is 0.0681. The van der Waals surface area contributed by atoms with Gasteiger partial charge in [-0.1, -0.05) is 37.6 Å². The second-order valence-corrected chi connectivity index (χ2v) is 5.16. The van der Waals surface area contributed by atoms with Gasteiger partial charge in [0.25, 0.3) is 0 Å². The predicted octanol–water partition coefficient (Wildman–Crippen LogP) is 1.63. The van der Waals surface area contributed by atoms with Crippen LogP contribution in [-0.4, -0.2) is 31.7 Å². The Balaban J connectivity index is 1.69. The Morgan fingerprint density at radius 3 is 2.95 bits per heavy atom. The van der Waals surface area contributed by atoms with Crippen LogP contribution in [-0.2, 0) is 22.5 Å². The summed E-state index contributed by atoms with van der Waals surface area (Å²) in [6, 6.07) is 8.15. The number of unbranched alkanes of at least 4 members (excludes halogenated alkanes) is 1. The number of ether oxygens (including phenoxy) is 1. The van der Waals surface area contributed by atoms with Gasteiger partial charge in [0.15, 0.2) is 0 Å². The van der Waals surface area contributed by atoms with Gasteiger partial charge in [0.1, 0.15) is 0 Å². The highest BCUT2D eigenvalue weighted by Gasteiger charge is 2.23. The zero-order valence-electron chi connectivity index (χ0n) is 12.2. The summed E-state index contributed by atoms with van der Waals surface area (Å²) >= 11 is 0. The lowest BCUT2D eigenvalue weighted by Crippen LogP contribution is -2.48. The molecule has 0 aromatic heterocycles. The smallest absolute Gasteiger partial charge is 0.237 e. The summed E-state index contributed by atoms with van der Waals surface area (Å²) in [6.07, 6.45) is 2.98. The third-order valence-corrected chi connectivity index (χ3v) is 3.59. The number of amides is 1. The summed E-state index contributed by atoms with van der Waals surface area (Å²) in [5, 5.41) is 6.22. The van der Waals surface area contributed by atoms with Crippen molar-refractivity contribution < 1.29 is 9.53 Å². The molecular weight excluding hydrogens is 252 g/mol. The molecule has 0 saturated heterocycles. The van der Waals surface area contributed by atoms with E-state index in [1.54, 1.807) is 0 Å². The van der Waals surface area contributed by atoms with E-state index in [9.17, 15) is 4.79 Å². The van der Waals surface area contributed by atoms with Gasteiger partial charge in [-0.2, -0.15) is 0 Å². The van der Waals surface area contributed by atoms with Crippen LogP contribution in [0.2, 0.25) is 0 Å². The minimum atomic E-state index is -0.124. The van der Waals surface area contributed by atoms with E-state index in [0.29, 0.717) is 13.2 Å². The Hall–Kier alpha value is -1.39. The fraction of sp³-hybridized carbons (Fsp3) is 0.562. The van der Waals surface area contributed by atoms with Crippen molar-refractivity contribution in [1.29, 1.82) is 0 Å². The highest BCUT2D eigenvalue weighted by Crippen LogP contribution is 2.16. The first kappa shape index (κ1) is 15.0. The molecule has 0 unspecified atom stereocenters. The summed E-state index contributed by atoms with van der Waals surface area (Å²) in [7, 11) is 0. The number of hydrogen-bond donors (Lipinski definition) is 2. The van der Waals surface area contributed by atoms with Crippen molar-refractivity contribution in [3.05, 3.63) is 35.4 Å². The van der Waals surface area contributed by atoms with Gasteiger partial charge in [-0.3, -0.25) is 4.79 Å². The third-order valence-electron chi connectivity index (χ3n) is 3.59. The van der Waals surface area contributed by atoms with E-state index in [4.69, 9.17) is 4.74 Å². The molecule has 0 saturated carbocycles. The molecule has 0 aliphatic carbocycles. The molecule has 1 aromatic carbocycles. The molecule has 1 heterocycles. The average Bonchev–Trinajstić information content (AvgIpc) is 2.50. The average molecular weight is 276 g/mol. The number of benzene rings is 1. The molecule has 0 fully saturated rings. The molecule has 2 N–H and O–H groups in total. The van der Waals surface area contributed by atoms with Gasteiger partial charge < -0.3 is 15.4 Å². The van der Waals surface area contributed by atoms with Crippen LogP contribution in [0.15, 0.2) is 24.3 Å². The first-order valence-corrected chi connectivity index (χ1v) is 7.47. The maximum Gasteiger partial charge on any atom is 0.237 e. The second-order valence-electron chi connectivity index (χ2n) is 5.16. The Labute approximate surface area is 120 Å². The molecule has 0 bridgehead atoms. The zero-order valence-corrected chi connectivity index (χ0v) is 12.2. The monoisotopic (exact) mass is 276 g/mol. The van der Waals surface area contributed by atoms with Crippen LogP contribution in [0.25, 0.3) is 0 Å². The molecule has 1 aromatic rings. The Kier molecular flexibility index (Phi) is 6.02. The van der Waals surface area contributed by atoms with E-state index in [1.165, 1.54) is 11.1 Å². The standard InChI is InChI=1S/C16H24N2O2/c1-2-3-9-20-10-8-17-16(19)15-11-13-6-4-5-7-14(13)12-18-15/h4-7,15,18H,2-3,8-12H2,1H3,(H,17,19)/t15-/m0/s1. The molecule has 110 valence electrons. The van der Waals surface area contributed by atoms with Crippen LogP contribution in [0.5, 0.6) is 0 Å². The minimum absolute atomic E-state index is 0.0681. The van der Waals surface area contributed by atoms with Gasteiger partial charge in [-0.25, -0.2) is 0 Å². The van der Waals surface area contributed by atoms with Crippen molar-refractivity contribution in [2.75, 3.05) is 19.8 Å². The summed E-state index contributed by atoms with van der Waals surface area (Å²) in [4.78, 5) is 12.1. The normalized spacial score (nSPS) is 17.6. The Morgan fingerprint density at radius 1 is 1.35 bits per heavy atom. The molecule has 1 aliphatic heterocycles. The number of hydrogen-bond acceptors (Lipinski definition) is 3. The summed E-state index contributed by atoms with van der Waals surface area (Å²) < 4.78 is 5.43. The fourth-order valence-electron chi connectivity index (χ4n) is 2.36. The summed E-state index contributed by atoms with van der Waals surface area (Å²) in [5.41, 5.74) is 2.56. The lowest BCUT2D eigenvalue weighted by atomic mass is 9.95. The van der Waals surface area contributed by atoms with Crippen LogP contribution in [0.3, 0.4) is 0 Å². The van der Waals surface area contributed by atoms with E-state index >= 15 is 0 Å². The lowest BCUT2D eigenvalue weighted by Gasteiger charge is -2.25. The van der Waals surface area contributed by atoms with Crippen LogP contribution >= 0.6 is 0 Å².